The van der Waals surface area contributed by atoms with E-state index in [-0.39, 0.29) is 28.7 Å². The van der Waals surface area contributed by atoms with Crippen LogP contribution in [0.25, 0.3) is 6.08 Å². The van der Waals surface area contributed by atoms with Crippen molar-refractivity contribution in [1.82, 2.24) is 0 Å². The number of allylic oxidation sites excluding steroid dienone is 1. The third-order valence-corrected chi connectivity index (χ3v) is 5.85. The quantitative estimate of drug-likeness (QED) is 0.383. The van der Waals surface area contributed by atoms with Crippen LogP contribution in [0.15, 0.2) is 48.2 Å². The average molecular weight is 485 g/mol. The Labute approximate surface area is 201 Å². The number of halogens is 2. The van der Waals surface area contributed by atoms with Gasteiger partial charge in [-0.3, -0.25) is 4.79 Å². The van der Waals surface area contributed by atoms with Crippen LogP contribution in [0.1, 0.15) is 27.0 Å². The first-order valence-electron chi connectivity index (χ1n) is 10.3. The minimum Gasteiger partial charge on any atom is -0.496 e. The van der Waals surface area contributed by atoms with Crippen LogP contribution in [0.2, 0.25) is 5.02 Å². The zero-order valence-corrected chi connectivity index (χ0v) is 19.8. The molecule has 3 aromatic rings. The van der Waals surface area contributed by atoms with E-state index in [4.69, 9.17) is 35.3 Å². The molecule has 0 fully saturated rings. The predicted octanol–water partition coefficient (Wildman–Crippen LogP) is 6.01. The molecule has 0 bridgehead atoms. The molecule has 0 atom stereocenters. The van der Waals surface area contributed by atoms with Gasteiger partial charge in [-0.15, -0.1) is 0 Å². The minimum atomic E-state index is -0.452. The fraction of sp³-hybridized carbons (Fsp3) is 0.192. The number of ketones is 1. The summed E-state index contributed by atoms with van der Waals surface area (Å²) < 4.78 is 41.9. The number of rotatable bonds is 7. The predicted molar refractivity (Wildman–Crippen MR) is 126 cm³/mol. The number of Topliss-reactive ketones (excluding diaryl/α,β-unsaturated/α-hetero) is 1. The van der Waals surface area contributed by atoms with E-state index in [1.807, 2.05) is 0 Å². The van der Waals surface area contributed by atoms with Gasteiger partial charge in [-0.25, -0.2) is 4.39 Å². The van der Waals surface area contributed by atoms with E-state index >= 15 is 0 Å². The van der Waals surface area contributed by atoms with E-state index in [0.29, 0.717) is 45.4 Å². The molecule has 34 heavy (non-hydrogen) atoms. The van der Waals surface area contributed by atoms with Gasteiger partial charge in [0, 0.05) is 22.8 Å². The largest absolute Gasteiger partial charge is 0.496 e. The maximum Gasteiger partial charge on any atom is 0.231 e. The number of hydrogen-bond acceptors (Lipinski definition) is 6. The van der Waals surface area contributed by atoms with Gasteiger partial charge in [-0.1, -0.05) is 17.7 Å². The SMILES string of the molecule is COc1cc(OC)c(OC)cc1/C=C1\Oc2c(ccc(OCc3c(F)cccc3Cl)c2C)C1=O. The molecule has 0 aliphatic carbocycles. The van der Waals surface area contributed by atoms with E-state index in [1.165, 1.54) is 33.5 Å². The van der Waals surface area contributed by atoms with Crippen LogP contribution in [0.3, 0.4) is 0 Å². The van der Waals surface area contributed by atoms with Gasteiger partial charge in [0.1, 0.15) is 29.7 Å². The van der Waals surface area contributed by atoms with E-state index < -0.39 is 5.82 Å². The lowest BCUT2D eigenvalue weighted by Crippen LogP contribution is -2.01. The summed E-state index contributed by atoms with van der Waals surface area (Å²) in [7, 11) is 4.57. The van der Waals surface area contributed by atoms with Crippen molar-refractivity contribution in [3.05, 3.63) is 81.3 Å². The van der Waals surface area contributed by atoms with Crippen molar-refractivity contribution in [3.8, 4) is 28.7 Å². The first-order chi connectivity index (χ1) is 16.4. The maximum absolute atomic E-state index is 14.1. The van der Waals surface area contributed by atoms with E-state index in [2.05, 4.69) is 0 Å². The molecule has 0 spiro atoms. The fourth-order valence-corrected chi connectivity index (χ4v) is 3.87. The van der Waals surface area contributed by atoms with Gasteiger partial charge in [0.25, 0.3) is 0 Å². The number of ether oxygens (including phenoxy) is 5. The number of benzene rings is 3. The Bertz CT molecular complexity index is 1280. The summed E-state index contributed by atoms with van der Waals surface area (Å²) in [5.74, 6) is 1.69. The Kier molecular flexibility index (Phi) is 6.65. The van der Waals surface area contributed by atoms with Crippen molar-refractivity contribution in [1.29, 1.82) is 0 Å². The highest BCUT2D eigenvalue weighted by Crippen LogP contribution is 2.41. The molecule has 8 heteroatoms. The summed E-state index contributed by atoms with van der Waals surface area (Å²) in [4.78, 5) is 13.0. The van der Waals surface area contributed by atoms with Crippen LogP contribution in [0, 0.1) is 12.7 Å². The lowest BCUT2D eigenvalue weighted by atomic mass is 10.1. The molecule has 0 saturated heterocycles. The number of carbonyl (C=O) groups excluding carboxylic acids is 1. The highest BCUT2D eigenvalue weighted by Gasteiger charge is 2.30. The highest BCUT2D eigenvalue weighted by molar-refractivity contribution is 6.31. The zero-order chi connectivity index (χ0) is 24.4. The van der Waals surface area contributed by atoms with Gasteiger partial charge in [-0.2, -0.15) is 0 Å². The second-order valence-electron chi connectivity index (χ2n) is 7.44. The van der Waals surface area contributed by atoms with Crippen molar-refractivity contribution in [2.75, 3.05) is 21.3 Å². The molecule has 6 nitrogen and oxygen atoms in total. The van der Waals surface area contributed by atoms with Crippen molar-refractivity contribution in [3.63, 3.8) is 0 Å². The molecule has 0 radical (unpaired) electrons. The summed E-state index contributed by atoms with van der Waals surface area (Å²) in [5.41, 5.74) is 1.85. The van der Waals surface area contributed by atoms with Crippen LogP contribution in [0.5, 0.6) is 28.7 Å². The van der Waals surface area contributed by atoms with Crippen molar-refractivity contribution in [2.45, 2.75) is 13.5 Å². The Morgan fingerprint density at radius 3 is 2.35 bits per heavy atom. The molecule has 3 aromatic carbocycles. The minimum absolute atomic E-state index is 0.0649. The van der Waals surface area contributed by atoms with E-state index in [1.54, 1.807) is 43.3 Å². The summed E-state index contributed by atoms with van der Waals surface area (Å²) in [5, 5.41) is 0.277. The van der Waals surface area contributed by atoms with Gasteiger partial charge < -0.3 is 23.7 Å². The van der Waals surface area contributed by atoms with Gasteiger partial charge in [0.05, 0.1) is 31.9 Å². The molecule has 0 amide bonds. The Morgan fingerprint density at radius 2 is 1.68 bits per heavy atom. The molecule has 176 valence electrons. The monoisotopic (exact) mass is 484 g/mol. The molecule has 4 rings (SSSR count). The molecular formula is C26H22ClFO6. The Hall–Kier alpha value is -3.71. The number of fused-ring (bicyclic) bond motifs is 1. The van der Waals surface area contributed by atoms with Crippen molar-refractivity contribution < 1.29 is 32.9 Å². The van der Waals surface area contributed by atoms with Gasteiger partial charge in [0.2, 0.25) is 5.78 Å². The summed E-state index contributed by atoms with van der Waals surface area (Å²) in [6, 6.07) is 11.1. The van der Waals surface area contributed by atoms with Gasteiger partial charge >= 0.3 is 0 Å². The van der Waals surface area contributed by atoms with Crippen molar-refractivity contribution in [2.24, 2.45) is 0 Å². The standard InChI is InChI=1S/C26H22ClFO6/c1-14-20(33-13-17-18(27)6-5-7-19(17)28)9-8-16-25(29)24(34-26(14)16)11-15-10-22(31-3)23(32-4)12-21(15)30-2/h5-12H,13H2,1-4H3/b24-11-. The van der Waals surface area contributed by atoms with E-state index in [9.17, 15) is 9.18 Å². The van der Waals surface area contributed by atoms with Crippen LogP contribution < -0.4 is 23.7 Å². The lowest BCUT2D eigenvalue weighted by Gasteiger charge is -2.13. The molecule has 1 aliphatic heterocycles. The number of carbonyl (C=O) groups is 1. The second-order valence-corrected chi connectivity index (χ2v) is 7.85. The smallest absolute Gasteiger partial charge is 0.231 e. The van der Waals surface area contributed by atoms with Crippen LogP contribution in [-0.2, 0) is 6.61 Å². The topological polar surface area (TPSA) is 63.2 Å². The van der Waals surface area contributed by atoms with E-state index in [0.717, 1.165) is 0 Å². The number of methoxy groups -OCH3 is 3. The molecule has 0 saturated carbocycles. The molecule has 0 unspecified atom stereocenters. The van der Waals surface area contributed by atoms with Crippen LogP contribution in [-0.4, -0.2) is 27.1 Å². The first kappa shape index (κ1) is 23.4. The van der Waals surface area contributed by atoms with Gasteiger partial charge in [0.15, 0.2) is 17.3 Å². The fourth-order valence-electron chi connectivity index (χ4n) is 3.65. The summed E-state index contributed by atoms with van der Waals surface area (Å²) in [6.45, 7) is 1.70. The molecular weight excluding hydrogens is 463 g/mol. The molecule has 1 heterocycles. The first-order valence-corrected chi connectivity index (χ1v) is 10.7. The molecule has 1 aliphatic rings. The third kappa shape index (κ3) is 4.26. The van der Waals surface area contributed by atoms with Crippen LogP contribution in [0.4, 0.5) is 4.39 Å². The van der Waals surface area contributed by atoms with Crippen molar-refractivity contribution >= 4 is 23.5 Å². The highest BCUT2D eigenvalue weighted by atomic mass is 35.5. The Balaban J connectivity index is 1.64. The Morgan fingerprint density at radius 1 is 0.971 bits per heavy atom. The average Bonchev–Trinajstić information content (AvgIpc) is 3.15. The zero-order valence-electron chi connectivity index (χ0n) is 19.0. The maximum atomic E-state index is 14.1. The number of hydrogen-bond donors (Lipinski definition) is 0. The van der Waals surface area contributed by atoms with Crippen LogP contribution >= 0.6 is 11.6 Å². The molecule has 0 aromatic heterocycles. The summed E-state index contributed by atoms with van der Waals surface area (Å²) >= 11 is 6.09. The van der Waals surface area contributed by atoms with Gasteiger partial charge in [-0.05, 0) is 43.3 Å². The third-order valence-electron chi connectivity index (χ3n) is 5.49. The normalized spacial score (nSPS) is 13.5. The lowest BCUT2D eigenvalue weighted by molar-refractivity contribution is 0.101. The molecule has 0 N–H and O–H groups in total. The second kappa shape index (κ2) is 9.65. The summed E-state index contributed by atoms with van der Waals surface area (Å²) in [6.07, 6.45) is 1.59.